The smallest absolute Gasteiger partial charge is 0.220 e. The minimum Gasteiger partial charge on any atom is -0.356 e. The maximum atomic E-state index is 11.6. The van der Waals surface area contributed by atoms with Gasteiger partial charge in [-0.25, -0.2) is 0 Å². The third-order valence-corrected chi connectivity index (χ3v) is 2.78. The molecule has 1 rings (SSSR count). The van der Waals surface area contributed by atoms with Crippen LogP contribution < -0.4 is 10.6 Å². The Morgan fingerprint density at radius 3 is 2.26 bits per heavy atom. The lowest BCUT2D eigenvalue weighted by Gasteiger charge is -2.05. The van der Waals surface area contributed by atoms with Crippen molar-refractivity contribution in [2.45, 2.75) is 32.6 Å². The molecule has 1 aromatic rings. The van der Waals surface area contributed by atoms with Crippen molar-refractivity contribution in [3.05, 3.63) is 35.9 Å². The van der Waals surface area contributed by atoms with Gasteiger partial charge in [0.15, 0.2) is 0 Å². The van der Waals surface area contributed by atoms with Gasteiger partial charge in [0, 0.05) is 26.4 Å². The van der Waals surface area contributed by atoms with Gasteiger partial charge in [-0.2, -0.15) is 0 Å². The summed E-state index contributed by atoms with van der Waals surface area (Å²) in [4.78, 5) is 22.2. The molecule has 0 saturated carbocycles. The topological polar surface area (TPSA) is 58.2 Å². The Kier molecular flexibility index (Phi) is 7.32. The summed E-state index contributed by atoms with van der Waals surface area (Å²) in [5.41, 5.74) is 1.18. The first-order valence-corrected chi connectivity index (χ1v) is 6.73. The van der Waals surface area contributed by atoms with Gasteiger partial charge in [0.05, 0.1) is 0 Å². The molecule has 1 aromatic carbocycles. The van der Waals surface area contributed by atoms with E-state index in [4.69, 9.17) is 0 Å². The highest BCUT2D eigenvalue weighted by molar-refractivity contribution is 5.76. The Balaban J connectivity index is 2.01. The quantitative estimate of drug-likeness (QED) is 0.700. The van der Waals surface area contributed by atoms with Crippen molar-refractivity contribution in [2.24, 2.45) is 0 Å². The Labute approximate surface area is 114 Å². The predicted octanol–water partition coefficient (Wildman–Crippen LogP) is 1.65. The average Bonchev–Trinajstić information content (AvgIpc) is 2.41. The molecule has 0 fully saturated rings. The summed E-state index contributed by atoms with van der Waals surface area (Å²) in [7, 11) is 0. The highest BCUT2D eigenvalue weighted by Crippen LogP contribution is 2.01. The van der Waals surface area contributed by atoms with Crippen LogP contribution in [0, 0.1) is 0 Å². The second kappa shape index (κ2) is 9.14. The zero-order chi connectivity index (χ0) is 13.9. The molecule has 4 nitrogen and oxygen atoms in total. The van der Waals surface area contributed by atoms with E-state index < -0.39 is 0 Å². The third-order valence-electron chi connectivity index (χ3n) is 2.78. The monoisotopic (exact) mass is 262 g/mol. The number of aryl methyl sites for hydroxylation is 1. The van der Waals surface area contributed by atoms with E-state index in [2.05, 4.69) is 10.6 Å². The molecule has 0 spiro atoms. The van der Waals surface area contributed by atoms with Crippen LogP contribution in [-0.2, 0) is 16.0 Å². The molecule has 4 heteroatoms. The van der Waals surface area contributed by atoms with Crippen molar-refractivity contribution in [2.75, 3.05) is 13.1 Å². The van der Waals surface area contributed by atoms with Gasteiger partial charge in [-0.15, -0.1) is 0 Å². The van der Waals surface area contributed by atoms with Crippen molar-refractivity contribution in [1.29, 1.82) is 0 Å². The normalized spacial score (nSPS) is 9.95. The summed E-state index contributed by atoms with van der Waals surface area (Å²) in [5.74, 6) is 0.0790. The zero-order valence-electron chi connectivity index (χ0n) is 11.4. The van der Waals surface area contributed by atoms with E-state index in [-0.39, 0.29) is 11.8 Å². The number of carbonyl (C=O) groups excluding carboxylic acids is 2. The van der Waals surface area contributed by atoms with Crippen LogP contribution in [0.3, 0.4) is 0 Å². The molecule has 0 heterocycles. The van der Waals surface area contributed by atoms with Gasteiger partial charge in [0.2, 0.25) is 11.8 Å². The minimum atomic E-state index is -0.00750. The van der Waals surface area contributed by atoms with E-state index in [9.17, 15) is 9.59 Å². The van der Waals surface area contributed by atoms with Crippen LogP contribution >= 0.6 is 0 Å². The molecule has 2 N–H and O–H groups in total. The molecule has 0 radical (unpaired) electrons. The average molecular weight is 262 g/mol. The molecule has 0 aliphatic rings. The predicted molar refractivity (Wildman–Crippen MR) is 75.7 cm³/mol. The van der Waals surface area contributed by atoms with E-state index in [1.807, 2.05) is 30.3 Å². The van der Waals surface area contributed by atoms with Crippen LogP contribution in [0.2, 0.25) is 0 Å². The molecule has 0 bridgehead atoms. The summed E-state index contributed by atoms with van der Waals surface area (Å²) in [6, 6.07) is 9.99. The van der Waals surface area contributed by atoms with E-state index in [0.717, 1.165) is 19.3 Å². The molecule has 0 saturated heterocycles. The minimum absolute atomic E-state index is 0.00750. The number of benzene rings is 1. The lowest BCUT2D eigenvalue weighted by Crippen LogP contribution is -2.26. The van der Waals surface area contributed by atoms with E-state index in [1.165, 1.54) is 12.5 Å². The highest BCUT2D eigenvalue weighted by Gasteiger charge is 2.01. The van der Waals surface area contributed by atoms with Crippen molar-refractivity contribution in [3.63, 3.8) is 0 Å². The highest BCUT2D eigenvalue weighted by atomic mass is 16.2. The van der Waals surface area contributed by atoms with Gasteiger partial charge < -0.3 is 10.6 Å². The van der Waals surface area contributed by atoms with Crippen LogP contribution in [0.1, 0.15) is 31.7 Å². The Bertz CT molecular complexity index is 390. The van der Waals surface area contributed by atoms with Crippen LogP contribution in [0.15, 0.2) is 30.3 Å². The number of carbonyl (C=O) groups is 2. The van der Waals surface area contributed by atoms with Gasteiger partial charge in [0.25, 0.3) is 0 Å². The molecule has 0 aliphatic carbocycles. The van der Waals surface area contributed by atoms with Crippen LogP contribution in [0.4, 0.5) is 0 Å². The lowest BCUT2D eigenvalue weighted by molar-refractivity contribution is -0.121. The number of unbranched alkanes of at least 4 members (excludes halogenated alkanes) is 1. The summed E-state index contributed by atoms with van der Waals surface area (Å²) in [6.07, 6.45) is 3.07. The molecule has 0 unspecified atom stereocenters. The van der Waals surface area contributed by atoms with Gasteiger partial charge in [-0.1, -0.05) is 30.3 Å². The number of nitrogens with one attached hydrogen (secondary N) is 2. The second-order valence-corrected chi connectivity index (χ2v) is 4.53. The summed E-state index contributed by atoms with van der Waals surface area (Å²) in [5, 5.41) is 5.62. The molecule has 19 heavy (non-hydrogen) atoms. The number of amides is 2. The number of hydrogen-bond acceptors (Lipinski definition) is 2. The summed E-state index contributed by atoms with van der Waals surface area (Å²) >= 11 is 0. The Morgan fingerprint density at radius 2 is 1.63 bits per heavy atom. The van der Waals surface area contributed by atoms with E-state index in [1.54, 1.807) is 0 Å². The standard InChI is InChI=1S/C15H22N2O2/c1-13(18)16-11-5-6-12-17-15(19)10-9-14-7-3-2-4-8-14/h2-4,7-8H,5-6,9-12H2,1H3,(H,16,18)(H,17,19). The molecule has 2 amide bonds. The maximum absolute atomic E-state index is 11.6. The van der Waals surface area contributed by atoms with Crippen LogP contribution in [-0.4, -0.2) is 24.9 Å². The first-order chi connectivity index (χ1) is 9.18. The fourth-order valence-electron chi connectivity index (χ4n) is 1.73. The molecule has 0 atom stereocenters. The fraction of sp³-hybridized carbons (Fsp3) is 0.467. The van der Waals surface area contributed by atoms with Crippen LogP contribution in [0.5, 0.6) is 0 Å². The number of rotatable bonds is 8. The second-order valence-electron chi connectivity index (χ2n) is 4.53. The lowest BCUT2D eigenvalue weighted by atomic mass is 10.1. The maximum Gasteiger partial charge on any atom is 0.220 e. The molecule has 104 valence electrons. The molecule has 0 aromatic heterocycles. The van der Waals surface area contributed by atoms with Crippen molar-refractivity contribution in [3.8, 4) is 0 Å². The molecular weight excluding hydrogens is 240 g/mol. The van der Waals surface area contributed by atoms with Crippen molar-refractivity contribution in [1.82, 2.24) is 10.6 Å². The van der Waals surface area contributed by atoms with E-state index >= 15 is 0 Å². The van der Waals surface area contributed by atoms with Gasteiger partial charge in [-0.05, 0) is 24.8 Å². The van der Waals surface area contributed by atoms with Gasteiger partial charge >= 0.3 is 0 Å². The zero-order valence-corrected chi connectivity index (χ0v) is 11.4. The van der Waals surface area contributed by atoms with Crippen molar-refractivity contribution >= 4 is 11.8 Å². The van der Waals surface area contributed by atoms with Gasteiger partial charge in [0.1, 0.15) is 0 Å². The largest absolute Gasteiger partial charge is 0.356 e. The third kappa shape index (κ3) is 7.97. The van der Waals surface area contributed by atoms with Crippen LogP contribution in [0.25, 0.3) is 0 Å². The Morgan fingerprint density at radius 1 is 1.00 bits per heavy atom. The Hall–Kier alpha value is -1.84. The molecular formula is C15H22N2O2. The molecule has 0 aliphatic heterocycles. The fourth-order valence-corrected chi connectivity index (χ4v) is 1.73. The first kappa shape index (κ1) is 15.2. The SMILES string of the molecule is CC(=O)NCCCCNC(=O)CCc1ccccc1. The first-order valence-electron chi connectivity index (χ1n) is 6.73. The summed E-state index contributed by atoms with van der Waals surface area (Å²) < 4.78 is 0. The number of hydrogen-bond donors (Lipinski definition) is 2. The summed E-state index contributed by atoms with van der Waals surface area (Å²) in [6.45, 7) is 2.85. The van der Waals surface area contributed by atoms with E-state index in [0.29, 0.717) is 19.5 Å². The van der Waals surface area contributed by atoms with Crippen molar-refractivity contribution < 1.29 is 9.59 Å². The van der Waals surface area contributed by atoms with Gasteiger partial charge in [-0.3, -0.25) is 9.59 Å².